The zero-order valence-electron chi connectivity index (χ0n) is 11.0. The predicted molar refractivity (Wildman–Crippen MR) is 74.3 cm³/mol. The molecule has 0 saturated heterocycles. The van der Waals surface area contributed by atoms with E-state index >= 15 is 0 Å². The average Bonchev–Trinajstić information content (AvgIpc) is 2.48. The minimum Gasteiger partial charge on any atom is -0.460 e. The molecule has 0 amide bonds. The van der Waals surface area contributed by atoms with Crippen molar-refractivity contribution in [3.63, 3.8) is 0 Å². The van der Waals surface area contributed by atoms with Crippen LogP contribution in [0.15, 0.2) is 54.6 Å². The van der Waals surface area contributed by atoms with Gasteiger partial charge >= 0.3 is 5.97 Å². The SMILES string of the molecule is N[C@@H](Cc1ccccc1F)C(=O)OCc1ccccc1. The van der Waals surface area contributed by atoms with Gasteiger partial charge in [0.25, 0.3) is 0 Å². The number of esters is 1. The van der Waals surface area contributed by atoms with E-state index in [-0.39, 0.29) is 18.8 Å². The van der Waals surface area contributed by atoms with Crippen LogP contribution in [0.25, 0.3) is 0 Å². The van der Waals surface area contributed by atoms with Crippen LogP contribution in [0.5, 0.6) is 0 Å². The third kappa shape index (κ3) is 3.90. The summed E-state index contributed by atoms with van der Waals surface area (Å²) in [5.41, 5.74) is 7.04. The Morgan fingerprint density at radius 3 is 2.45 bits per heavy atom. The molecule has 3 nitrogen and oxygen atoms in total. The highest BCUT2D eigenvalue weighted by molar-refractivity contribution is 5.75. The minimum atomic E-state index is -0.865. The van der Waals surface area contributed by atoms with Gasteiger partial charge in [0.05, 0.1) is 0 Å². The third-order valence-electron chi connectivity index (χ3n) is 2.92. The summed E-state index contributed by atoms with van der Waals surface area (Å²) in [4.78, 5) is 11.8. The number of nitrogens with two attached hydrogens (primary N) is 1. The number of hydrogen-bond acceptors (Lipinski definition) is 3. The first-order valence-electron chi connectivity index (χ1n) is 6.36. The van der Waals surface area contributed by atoms with Crippen molar-refractivity contribution >= 4 is 5.97 Å². The number of halogens is 1. The van der Waals surface area contributed by atoms with Gasteiger partial charge in [-0.15, -0.1) is 0 Å². The van der Waals surface area contributed by atoms with Crippen LogP contribution in [0.1, 0.15) is 11.1 Å². The van der Waals surface area contributed by atoms with Crippen LogP contribution in [0.2, 0.25) is 0 Å². The molecule has 2 aromatic carbocycles. The predicted octanol–water partition coefficient (Wildman–Crippen LogP) is 2.44. The molecule has 20 heavy (non-hydrogen) atoms. The summed E-state index contributed by atoms with van der Waals surface area (Å²) >= 11 is 0. The Bertz CT molecular complexity index is 572. The zero-order valence-corrected chi connectivity index (χ0v) is 11.0. The Kier molecular flexibility index (Phi) is 4.85. The van der Waals surface area contributed by atoms with E-state index < -0.39 is 12.0 Å². The molecule has 2 N–H and O–H groups in total. The van der Waals surface area contributed by atoms with Crippen molar-refractivity contribution < 1.29 is 13.9 Å². The van der Waals surface area contributed by atoms with Gasteiger partial charge in [0.15, 0.2) is 0 Å². The van der Waals surface area contributed by atoms with E-state index in [0.717, 1.165) is 5.56 Å². The number of ether oxygens (including phenoxy) is 1. The first kappa shape index (κ1) is 14.2. The highest BCUT2D eigenvalue weighted by Crippen LogP contribution is 2.09. The largest absolute Gasteiger partial charge is 0.460 e. The Morgan fingerprint density at radius 1 is 1.10 bits per heavy atom. The number of benzene rings is 2. The van der Waals surface area contributed by atoms with Crippen molar-refractivity contribution in [3.8, 4) is 0 Å². The summed E-state index contributed by atoms with van der Waals surface area (Å²) in [6.07, 6.45) is 0.125. The lowest BCUT2D eigenvalue weighted by atomic mass is 10.1. The summed E-state index contributed by atoms with van der Waals surface area (Å²) in [5.74, 6) is -0.893. The first-order valence-corrected chi connectivity index (χ1v) is 6.36. The molecule has 0 bridgehead atoms. The molecule has 2 aromatic rings. The Hall–Kier alpha value is -2.20. The maximum absolute atomic E-state index is 13.5. The first-order chi connectivity index (χ1) is 9.66. The van der Waals surface area contributed by atoms with Crippen molar-refractivity contribution in [2.24, 2.45) is 5.73 Å². The van der Waals surface area contributed by atoms with Crippen LogP contribution < -0.4 is 5.73 Å². The fourth-order valence-electron chi connectivity index (χ4n) is 1.82. The average molecular weight is 273 g/mol. The summed E-state index contributed by atoms with van der Waals surface area (Å²) < 4.78 is 18.6. The van der Waals surface area contributed by atoms with E-state index in [1.807, 2.05) is 30.3 Å². The van der Waals surface area contributed by atoms with Crippen molar-refractivity contribution in [3.05, 3.63) is 71.5 Å². The van der Waals surface area contributed by atoms with Crippen LogP contribution in [0.4, 0.5) is 4.39 Å². The van der Waals surface area contributed by atoms with Crippen LogP contribution in [-0.2, 0) is 22.6 Å². The summed E-state index contributed by atoms with van der Waals surface area (Å²) in [5, 5.41) is 0. The third-order valence-corrected chi connectivity index (χ3v) is 2.92. The van der Waals surface area contributed by atoms with Gasteiger partial charge in [-0.3, -0.25) is 4.79 Å². The van der Waals surface area contributed by atoms with Gasteiger partial charge in [-0.05, 0) is 17.2 Å². The second-order valence-corrected chi connectivity index (χ2v) is 4.50. The van der Waals surface area contributed by atoms with Gasteiger partial charge in [0.2, 0.25) is 0 Å². The molecule has 0 saturated carbocycles. The normalized spacial score (nSPS) is 11.9. The van der Waals surface area contributed by atoms with Gasteiger partial charge in [0, 0.05) is 6.42 Å². The molecule has 0 aliphatic carbocycles. The van der Waals surface area contributed by atoms with Crippen molar-refractivity contribution in [1.29, 1.82) is 0 Å². The van der Waals surface area contributed by atoms with Crippen LogP contribution in [0.3, 0.4) is 0 Å². The van der Waals surface area contributed by atoms with Crippen molar-refractivity contribution in [2.75, 3.05) is 0 Å². The van der Waals surface area contributed by atoms with Crippen LogP contribution >= 0.6 is 0 Å². The smallest absolute Gasteiger partial charge is 0.323 e. The molecule has 0 fully saturated rings. The van der Waals surface area contributed by atoms with Gasteiger partial charge in [0.1, 0.15) is 18.5 Å². The fraction of sp³-hybridized carbons (Fsp3) is 0.188. The van der Waals surface area contributed by atoms with Crippen molar-refractivity contribution in [1.82, 2.24) is 0 Å². The van der Waals surface area contributed by atoms with E-state index in [2.05, 4.69) is 0 Å². The second kappa shape index (κ2) is 6.82. The summed E-state index contributed by atoms with van der Waals surface area (Å²) in [6.45, 7) is 0.171. The standard InChI is InChI=1S/C16H16FNO2/c17-14-9-5-4-8-13(14)10-15(18)16(19)20-11-12-6-2-1-3-7-12/h1-9,15H,10-11,18H2/t15-/m0/s1. The number of rotatable bonds is 5. The second-order valence-electron chi connectivity index (χ2n) is 4.50. The zero-order chi connectivity index (χ0) is 14.4. The number of carbonyl (C=O) groups is 1. The quantitative estimate of drug-likeness (QED) is 0.851. The van der Waals surface area contributed by atoms with Gasteiger partial charge in [-0.1, -0.05) is 48.5 Å². The van der Waals surface area contributed by atoms with Gasteiger partial charge < -0.3 is 10.5 Å². The van der Waals surface area contributed by atoms with Crippen LogP contribution in [0, 0.1) is 5.82 Å². The molecular weight excluding hydrogens is 257 g/mol. The maximum Gasteiger partial charge on any atom is 0.323 e. The molecule has 104 valence electrons. The Morgan fingerprint density at radius 2 is 1.75 bits per heavy atom. The molecule has 0 aliphatic rings. The summed E-state index contributed by atoms with van der Waals surface area (Å²) in [6, 6.07) is 14.7. The van der Waals surface area contributed by atoms with E-state index in [9.17, 15) is 9.18 Å². The molecule has 0 spiro atoms. The molecule has 0 unspecified atom stereocenters. The Balaban J connectivity index is 1.88. The topological polar surface area (TPSA) is 52.3 Å². The number of carbonyl (C=O) groups excluding carboxylic acids is 1. The molecule has 0 aromatic heterocycles. The molecule has 0 aliphatic heterocycles. The van der Waals surface area contributed by atoms with Crippen LogP contribution in [-0.4, -0.2) is 12.0 Å². The number of hydrogen-bond donors (Lipinski definition) is 1. The van der Waals surface area contributed by atoms with E-state index in [4.69, 9.17) is 10.5 Å². The fourth-order valence-corrected chi connectivity index (χ4v) is 1.82. The lowest BCUT2D eigenvalue weighted by molar-refractivity contribution is -0.146. The monoisotopic (exact) mass is 273 g/mol. The van der Waals surface area contributed by atoms with E-state index in [1.165, 1.54) is 6.07 Å². The van der Waals surface area contributed by atoms with E-state index in [1.54, 1.807) is 18.2 Å². The highest BCUT2D eigenvalue weighted by Gasteiger charge is 2.17. The summed E-state index contributed by atoms with van der Waals surface area (Å²) in [7, 11) is 0. The Labute approximate surface area is 117 Å². The molecule has 1 atom stereocenters. The van der Waals surface area contributed by atoms with Gasteiger partial charge in [-0.25, -0.2) is 4.39 Å². The maximum atomic E-state index is 13.5. The molecule has 4 heteroatoms. The molecule has 2 rings (SSSR count). The lowest BCUT2D eigenvalue weighted by Gasteiger charge is -2.12. The van der Waals surface area contributed by atoms with Gasteiger partial charge in [-0.2, -0.15) is 0 Å². The highest BCUT2D eigenvalue weighted by atomic mass is 19.1. The molecule has 0 heterocycles. The minimum absolute atomic E-state index is 0.125. The molecular formula is C16H16FNO2. The van der Waals surface area contributed by atoms with E-state index in [0.29, 0.717) is 5.56 Å². The molecule has 0 radical (unpaired) electrons. The van der Waals surface area contributed by atoms with Crippen molar-refractivity contribution in [2.45, 2.75) is 19.1 Å². The lowest BCUT2D eigenvalue weighted by Crippen LogP contribution is -2.34.